The minimum atomic E-state index is -0.0944. The molecule has 0 saturated heterocycles. The predicted molar refractivity (Wildman–Crippen MR) is 57.0 cm³/mol. The lowest BCUT2D eigenvalue weighted by Gasteiger charge is -2.19. The van der Waals surface area contributed by atoms with Gasteiger partial charge in [-0.15, -0.1) is 0 Å². The van der Waals surface area contributed by atoms with Crippen LogP contribution in [0.3, 0.4) is 0 Å². The first-order valence-corrected chi connectivity index (χ1v) is 4.95. The lowest BCUT2D eigenvalue weighted by Crippen LogP contribution is -2.26. The summed E-state index contributed by atoms with van der Waals surface area (Å²) in [5.74, 6) is 0. The zero-order valence-corrected chi connectivity index (χ0v) is 9.03. The molecular formula is C11H18N2O. The van der Waals surface area contributed by atoms with Crippen LogP contribution in [-0.4, -0.2) is 17.7 Å². The smallest absolute Gasteiger partial charge is 0.0739 e. The highest BCUT2D eigenvalue weighted by Crippen LogP contribution is 2.15. The van der Waals surface area contributed by atoms with E-state index in [-0.39, 0.29) is 12.1 Å². The van der Waals surface area contributed by atoms with E-state index >= 15 is 0 Å². The van der Waals surface area contributed by atoms with E-state index in [0.717, 1.165) is 11.3 Å². The van der Waals surface area contributed by atoms with E-state index in [0.29, 0.717) is 6.61 Å². The summed E-state index contributed by atoms with van der Waals surface area (Å²) in [6.45, 7) is 6.60. The lowest BCUT2D eigenvalue weighted by molar-refractivity contribution is 0.0574. The highest BCUT2D eigenvalue weighted by Gasteiger charge is 2.14. The summed E-state index contributed by atoms with van der Waals surface area (Å²) >= 11 is 0. The van der Waals surface area contributed by atoms with Crippen LogP contribution in [0.2, 0.25) is 0 Å². The molecule has 0 fully saturated rings. The van der Waals surface area contributed by atoms with Crippen molar-refractivity contribution in [1.29, 1.82) is 0 Å². The Bertz CT molecular complexity index is 271. The Hall–Kier alpha value is -0.930. The van der Waals surface area contributed by atoms with Crippen LogP contribution in [0.25, 0.3) is 0 Å². The Kier molecular flexibility index (Phi) is 4.04. The normalized spacial score (nSPS) is 15.1. The van der Waals surface area contributed by atoms with Crippen molar-refractivity contribution in [1.82, 2.24) is 4.98 Å². The van der Waals surface area contributed by atoms with Gasteiger partial charge in [0.1, 0.15) is 0 Å². The van der Waals surface area contributed by atoms with Crippen molar-refractivity contribution in [3.63, 3.8) is 0 Å². The molecule has 1 aromatic rings. The number of rotatable bonds is 4. The van der Waals surface area contributed by atoms with Crippen molar-refractivity contribution in [3.05, 3.63) is 29.6 Å². The number of ether oxygens (including phenoxy) is 1. The molecule has 0 aliphatic heterocycles. The fourth-order valence-electron chi connectivity index (χ4n) is 1.31. The molecule has 14 heavy (non-hydrogen) atoms. The Balaban J connectivity index is 2.68. The Labute approximate surface area is 85.3 Å². The molecule has 0 spiro atoms. The first-order valence-electron chi connectivity index (χ1n) is 4.95. The summed E-state index contributed by atoms with van der Waals surface area (Å²) < 4.78 is 5.44. The summed E-state index contributed by atoms with van der Waals surface area (Å²) in [6.07, 6.45) is 1.85. The van der Waals surface area contributed by atoms with Gasteiger partial charge in [-0.25, -0.2) is 0 Å². The average molecular weight is 194 g/mol. The monoisotopic (exact) mass is 194 g/mol. The van der Waals surface area contributed by atoms with Crippen LogP contribution in [0.1, 0.15) is 31.1 Å². The lowest BCUT2D eigenvalue weighted by atomic mass is 10.1. The number of nitrogens with zero attached hydrogens (tertiary/aromatic N) is 1. The van der Waals surface area contributed by atoms with Gasteiger partial charge in [-0.2, -0.15) is 0 Å². The molecular weight excluding hydrogens is 176 g/mol. The number of pyridine rings is 1. The van der Waals surface area contributed by atoms with Gasteiger partial charge in [-0.3, -0.25) is 4.98 Å². The Morgan fingerprint density at radius 1 is 1.50 bits per heavy atom. The molecule has 2 unspecified atom stereocenters. The Morgan fingerprint density at radius 2 is 2.21 bits per heavy atom. The topological polar surface area (TPSA) is 48.1 Å². The van der Waals surface area contributed by atoms with Crippen LogP contribution < -0.4 is 5.73 Å². The summed E-state index contributed by atoms with van der Waals surface area (Å²) in [6, 6.07) is 3.87. The molecule has 78 valence electrons. The summed E-state index contributed by atoms with van der Waals surface area (Å²) in [4.78, 5) is 4.21. The van der Waals surface area contributed by atoms with Crippen molar-refractivity contribution in [2.24, 2.45) is 5.73 Å². The van der Waals surface area contributed by atoms with Gasteiger partial charge in [0.25, 0.3) is 0 Å². The molecule has 0 aromatic carbocycles. The molecule has 2 N–H and O–H groups in total. The summed E-state index contributed by atoms with van der Waals surface area (Å²) in [5, 5.41) is 0. The second-order valence-corrected chi connectivity index (χ2v) is 3.42. The van der Waals surface area contributed by atoms with Gasteiger partial charge in [0.05, 0.1) is 12.1 Å². The van der Waals surface area contributed by atoms with Gasteiger partial charge in [0, 0.05) is 18.5 Å². The molecule has 0 amide bonds. The summed E-state index contributed by atoms with van der Waals surface area (Å²) in [7, 11) is 0. The highest BCUT2D eigenvalue weighted by atomic mass is 16.5. The minimum Gasteiger partial charge on any atom is -0.377 e. The standard InChI is InChI=1S/C11H18N2O/c1-4-14-9(3)11(12)10-6-5-8(2)13-7-10/h5-7,9,11H,4,12H2,1-3H3. The van der Waals surface area contributed by atoms with E-state index in [1.54, 1.807) is 0 Å². The molecule has 0 aliphatic rings. The van der Waals surface area contributed by atoms with E-state index in [1.165, 1.54) is 0 Å². The van der Waals surface area contributed by atoms with Crippen LogP contribution >= 0.6 is 0 Å². The van der Waals surface area contributed by atoms with Gasteiger partial charge in [0.15, 0.2) is 0 Å². The maximum absolute atomic E-state index is 6.01. The van der Waals surface area contributed by atoms with Crippen molar-refractivity contribution < 1.29 is 4.74 Å². The molecule has 0 radical (unpaired) electrons. The maximum Gasteiger partial charge on any atom is 0.0739 e. The number of aryl methyl sites for hydroxylation is 1. The summed E-state index contributed by atoms with van der Waals surface area (Å²) in [5.41, 5.74) is 8.04. The zero-order chi connectivity index (χ0) is 10.6. The van der Waals surface area contributed by atoms with Crippen molar-refractivity contribution in [2.75, 3.05) is 6.61 Å². The first-order chi connectivity index (χ1) is 6.65. The highest BCUT2D eigenvalue weighted by molar-refractivity contribution is 5.17. The molecule has 1 heterocycles. The number of hydrogen-bond acceptors (Lipinski definition) is 3. The fourth-order valence-corrected chi connectivity index (χ4v) is 1.31. The first kappa shape index (κ1) is 11.1. The fraction of sp³-hybridized carbons (Fsp3) is 0.545. The van der Waals surface area contributed by atoms with E-state index in [4.69, 9.17) is 10.5 Å². The van der Waals surface area contributed by atoms with E-state index in [1.807, 2.05) is 39.1 Å². The van der Waals surface area contributed by atoms with Gasteiger partial charge in [-0.1, -0.05) is 6.07 Å². The average Bonchev–Trinajstić information content (AvgIpc) is 2.18. The third-order valence-corrected chi connectivity index (χ3v) is 2.25. The zero-order valence-electron chi connectivity index (χ0n) is 9.03. The second kappa shape index (κ2) is 5.08. The predicted octanol–water partition coefficient (Wildman–Crippen LogP) is 1.81. The van der Waals surface area contributed by atoms with Gasteiger partial charge >= 0.3 is 0 Å². The molecule has 1 rings (SSSR count). The van der Waals surface area contributed by atoms with Crippen LogP contribution in [0, 0.1) is 6.92 Å². The van der Waals surface area contributed by atoms with Crippen LogP contribution in [0.4, 0.5) is 0 Å². The molecule has 0 bridgehead atoms. The molecule has 0 aliphatic carbocycles. The molecule has 3 heteroatoms. The largest absolute Gasteiger partial charge is 0.377 e. The quantitative estimate of drug-likeness (QED) is 0.795. The molecule has 1 aromatic heterocycles. The molecule has 0 saturated carbocycles. The Morgan fingerprint density at radius 3 is 2.71 bits per heavy atom. The van der Waals surface area contributed by atoms with Gasteiger partial charge in [0.2, 0.25) is 0 Å². The van der Waals surface area contributed by atoms with Crippen LogP contribution in [-0.2, 0) is 4.74 Å². The van der Waals surface area contributed by atoms with Gasteiger partial charge < -0.3 is 10.5 Å². The SMILES string of the molecule is CCOC(C)C(N)c1ccc(C)nc1. The third kappa shape index (κ3) is 2.79. The van der Waals surface area contributed by atoms with Gasteiger partial charge in [-0.05, 0) is 32.4 Å². The second-order valence-electron chi connectivity index (χ2n) is 3.42. The van der Waals surface area contributed by atoms with Crippen molar-refractivity contribution in [3.8, 4) is 0 Å². The molecule has 3 nitrogen and oxygen atoms in total. The minimum absolute atomic E-state index is 0.0320. The third-order valence-electron chi connectivity index (χ3n) is 2.25. The number of aromatic nitrogens is 1. The van der Waals surface area contributed by atoms with Crippen molar-refractivity contribution >= 4 is 0 Å². The van der Waals surface area contributed by atoms with Crippen LogP contribution in [0.15, 0.2) is 18.3 Å². The van der Waals surface area contributed by atoms with Crippen molar-refractivity contribution in [2.45, 2.75) is 32.9 Å². The number of hydrogen-bond donors (Lipinski definition) is 1. The van der Waals surface area contributed by atoms with Crippen LogP contribution in [0.5, 0.6) is 0 Å². The van der Waals surface area contributed by atoms with E-state index in [9.17, 15) is 0 Å². The maximum atomic E-state index is 6.01. The number of nitrogens with two attached hydrogens (primary N) is 1. The molecule has 2 atom stereocenters. The van der Waals surface area contributed by atoms with E-state index < -0.39 is 0 Å². The van der Waals surface area contributed by atoms with E-state index in [2.05, 4.69) is 4.98 Å².